The van der Waals surface area contributed by atoms with Gasteiger partial charge in [0.1, 0.15) is 5.76 Å². The average Bonchev–Trinajstić information content (AvgIpc) is 3.08. The van der Waals surface area contributed by atoms with Gasteiger partial charge in [-0.2, -0.15) is 0 Å². The smallest absolute Gasteiger partial charge is 0.291 e. The van der Waals surface area contributed by atoms with E-state index in [1.165, 1.54) is 12.1 Å². The Bertz CT molecular complexity index is 1230. The number of fused-ring (bicyclic) bond motifs is 1. The number of aryl methyl sites for hydroxylation is 1. The molecule has 1 heterocycles. The second-order valence-corrected chi connectivity index (χ2v) is 8.73. The van der Waals surface area contributed by atoms with Gasteiger partial charge in [-0.25, -0.2) is 8.42 Å². The number of furan rings is 1. The molecule has 0 bridgehead atoms. The molecule has 154 valence electrons. The number of carbonyl (C=O) groups excluding carboxylic acids is 2. The molecule has 1 aliphatic rings. The Morgan fingerprint density at radius 3 is 2.33 bits per heavy atom. The van der Waals surface area contributed by atoms with Crippen LogP contribution in [0.3, 0.4) is 0 Å². The lowest BCUT2D eigenvalue weighted by atomic mass is 9.94. The van der Waals surface area contributed by atoms with Crippen molar-refractivity contribution in [1.82, 2.24) is 0 Å². The quantitative estimate of drug-likeness (QED) is 0.640. The number of hydrogen-bond donors (Lipinski definition) is 2. The van der Waals surface area contributed by atoms with Crippen molar-refractivity contribution in [3.05, 3.63) is 77.2 Å². The Labute approximate surface area is 174 Å². The molecule has 30 heavy (non-hydrogen) atoms. The second kappa shape index (κ2) is 7.79. The molecule has 4 rings (SSSR count). The summed E-state index contributed by atoms with van der Waals surface area (Å²) in [7, 11) is -3.82. The van der Waals surface area contributed by atoms with Gasteiger partial charge in [0.15, 0.2) is 11.5 Å². The highest BCUT2D eigenvalue weighted by molar-refractivity contribution is 7.92. The van der Waals surface area contributed by atoms with E-state index in [-0.39, 0.29) is 27.8 Å². The Kier molecular flexibility index (Phi) is 5.17. The zero-order chi connectivity index (χ0) is 21.3. The fraction of sp³-hybridized carbons (Fsp3) is 0.182. The third-order valence-electron chi connectivity index (χ3n) is 4.99. The first kappa shape index (κ1) is 19.9. The molecule has 2 N–H and O–H groups in total. The summed E-state index contributed by atoms with van der Waals surface area (Å²) < 4.78 is 33.5. The van der Waals surface area contributed by atoms with Gasteiger partial charge in [-0.05, 0) is 37.6 Å². The van der Waals surface area contributed by atoms with Crippen LogP contribution >= 0.6 is 0 Å². The number of amides is 1. The number of rotatable bonds is 5. The molecular weight excluding hydrogens is 404 g/mol. The Morgan fingerprint density at radius 1 is 0.967 bits per heavy atom. The van der Waals surface area contributed by atoms with Crippen molar-refractivity contribution in [2.45, 2.75) is 31.1 Å². The van der Waals surface area contributed by atoms with Gasteiger partial charge < -0.3 is 9.73 Å². The zero-order valence-corrected chi connectivity index (χ0v) is 17.1. The molecule has 0 saturated heterocycles. The number of hydrogen-bond acceptors (Lipinski definition) is 5. The molecule has 1 aliphatic carbocycles. The van der Waals surface area contributed by atoms with Crippen LogP contribution in [0.2, 0.25) is 0 Å². The first-order chi connectivity index (χ1) is 14.4. The van der Waals surface area contributed by atoms with Gasteiger partial charge in [0, 0.05) is 18.4 Å². The van der Waals surface area contributed by atoms with Crippen LogP contribution in [-0.2, 0) is 16.4 Å². The summed E-state index contributed by atoms with van der Waals surface area (Å²) in [6.07, 6.45) is 1.76. The lowest BCUT2D eigenvalue weighted by molar-refractivity contribution is 0.0963. The minimum absolute atomic E-state index is 0.0208. The first-order valence-corrected chi connectivity index (χ1v) is 11.0. The predicted octanol–water partition coefficient (Wildman–Crippen LogP) is 4.16. The monoisotopic (exact) mass is 424 g/mol. The summed E-state index contributed by atoms with van der Waals surface area (Å²) in [4.78, 5) is 25.1. The van der Waals surface area contributed by atoms with Crippen molar-refractivity contribution in [3.63, 3.8) is 0 Å². The van der Waals surface area contributed by atoms with Gasteiger partial charge >= 0.3 is 0 Å². The Balaban J connectivity index is 1.61. The van der Waals surface area contributed by atoms with Gasteiger partial charge in [0.2, 0.25) is 0 Å². The molecule has 0 atom stereocenters. The van der Waals surface area contributed by atoms with Crippen molar-refractivity contribution >= 4 is 33.1 Å². The SMILES string of the molecule is Cc1c(C(=O)Nc2ccccc2NS(=O)(=O)c2ccccc2)oc2c1C(=O)CCC2. The lowest BCUT2D eigenvalue weighted by Crippen LogP contribution is -2.17. The van der Waals surface area contributed by atoms with E-state index < -0.39 is 15.9 Å². The third-order valence-corrected chi connectivity index (χ3v) is 6.37. The lowest BCUT2D eigenvalue weighted by Gasteiger charge is -2.13. The second-order valence-electron chi connectivity index (χ2n) is 7.05. The Morgan fingerprint density at radius 2 is 1.63 bits per heavy atom. The topological polar surface area (TPSA) is 105 Å². The molecule has 0 unspecified atom stereocenters. The molecule has 8 heteroatoms. The normalized spacial score (nSPS) is 13.6. The zero-order valence-electron chi connectivity index (χ0n) is 16.3. The molecule has 7 nitrogen and oxygen atoms in total. The number of benzene rings is 2. The molecule has 1 aromatic heterocycles. The molecule has 3 aromatic rings. The van der Waals surface area contributed by atoms with Gasteiger partial charge in [-0.3, -0.25) is 14.3 Å². The summed E-state index contributed by atoms with van der Waals surface area (Å²) in [5.41, 5.74) is 1.50. The fourth-order valence-corrected chi connectivity index (χ4v) is 4.63. The number of Topliss-reactive ketones (excluding diaryl/α,β-unsaturated/α-hetero) is 1. The van der Waals surface area contributed by atoms with Crippen LogP contribution in [0.15, 0.2) is 63.9 Å². The molecule has 0 aliphatic heterocycles. The van der Waals surface area contributed by atoms with Crippen molar-refractivity contribution in [3.8, 4) is 0 Å². The van der Waals surface area contributed by atoms with E-state index in [9.17, 15) is 18.0 Å². The average molecular weight is 424 g/mol. The molecular formula is C22H20N2O5S. The highest BCUT2D eigenvalue weighted by Gasteiger charge is 2.29. The minimum Gasteiger partial charge on any atom is -0.455 e. The van der Waals surface area contributed by atoms with Crippen LogP contribution in [-0.4, -0.2) is 20.1 Å². The largest absolute Gasteiger partial charge is 0.455 e. The highest BCUT2D eigenvalue weighted by Crippen LogP contribution is 2.31. The van der Waals surface area contributed by atoms with Crippen LogP contribution in [0.5, 0.6) is 0 Å². The van der Waals surface area contributed by atoms with Crippen LogP contribution in [0.4, 0.5) is 11.4 Å². The van der Waals surface area contributed by atoms with Gasteiger partial charge in [-0.15, -0.1) is 0 Å². The van der Waals surface area contributed by atoms with Gasteiger partial charge in [0.05, 0.1) is 21.8 Å². The van der Waals surface area contributed by atoms with Crippen LogP contribution in [0.25, 0.3) is 0 Å². The fourth-order valence-electron chi connectivity index (χ4n) is 3.53. The van der Waals surface area contributed by atoms with E-state index in [0.29, 0.717) is 36.1 Å². The Hall–Kier alpha value is -3.39. The maximum absolute atomic E-state index is 12.9. The molecule has 2 aromatic carbocycles. The number of carbonyl (C=O) groups is 2. The van der Waals surface area contributed by atoms with E-state index >= 15 is 0 Å². The van der Waals surface area contributed by atoms with E-state index in [0.717, 1.165) is 0 Å². The van der Waals surface area contributed by atoms with E-state index in [4.69, 9.17) is 4.42 Å². The maximum Gasteiger partial charge on any atom is 0.291 e. The molecule has 1 amide bonds. The molecule has 0 saturated carbocycles. The number of nitrogens with one attached hydrogen (secondary N) is 2. The number of anilines is 2. The molecule has 0 fully saturated rings. The summed E-state index contributed by atoms with van der Waals surface area (Å²) in [5.74, 6) is 0.0385. The first-order valence-electron chi connectivity index (χ1n) is 9.50. The minimum atomic E-state index is -3.82. The predicted molar refractivity (Wildman–Crippen MR) is 112 cm³/mol. The number of sulfonamides is 1. The van der Waals surface area contributed by atoms with Gasteiger partial charge in [0.25, 0.3) is 15.9 Å². The molecule has 0 radical (unpaired) electrons. The van der Waals surface area contributed by atoms with E-state index in [1.54, 1.807) is 49.4 Å². The summed E-state index contributed by atoms with van der Waals surface area (Å²) in [5, 5.41) is 2.69. The van der Waals surface area contributed by atoms with Crippen LogP contribution < -0.4 is 10.0 Å². The standard InChI is InChI=1S/C22H20N2O5S/c1-14-20-18(25)12-7-13-19(20)29-21(14)22(26)23-16-10-5-6-11-17(16)24-30(27,28)15-8-3-2-4-9-15/h2-6,8-11,24H,7,12-13H2,1H3,(H,23,26). The van der Waals surface area contributed by atoms with Crippen LogP contribution in [0.1, 0.15) is 45.1 Å². The van der Waals surface area contributed by atoms with Crippen molar-refractivity contribution in [1.29, 1.82) is 0 Å². The summed E-state index contributed by atoms with van der Waals surface area (Å²) in [6.45, 7) is 1.69. The van der Waals surface area contributed by atoms with E-state index in [1.807, 2.05) is 0 Å². The van der Waals surface area contributed by atoms with Crippen molar-refractivity contribution in [2.75, 3.05) is 10.0 Å². The van der Waals surface area contributed by atoms with Gasteiger partial charge in [-0.1, -0.05) is 30.3 Å². The molecule has 0 spiro atoms. The number of ketones is 1. The maximum atomic E-state index is 12.9. The van der Waals surface area contributed by atoms with E-state index in [2.05, 4.69) is 10.0 Å². The van der Waals surface area contributed by atoms with Crippen LogP contribution in [0, 0.1) is 6.92 Å². The number of para-hydroxylation sites is 2. The summed E-state index contributed by atoms with van der Waals surface area (Å²) in [6, 6.07) is 14.4. The van der Waals surface area contributed by atoms with Crippen molar-refractivity contribution < 1.29 is 22.4 Å². The van der Waals surface area contributed by atoms with Crippen molar-refractivity contribution in [2.24, 2.45) is 0 Å². The highest BCUT2D eigenvalue weighted by atomic mass is 32.2. The third kappa shape index (κ3) is 3.73. The summed E-state index contributed by atoms with van der Waals surface area (Å²) >= 11 is 0.